The first-order chi connectivity index (χ1) is 12.2. The zero-order valence-corrected chi connectivity index (χ0v) is 14.3. The van der Waals surface area contributed by atoms with Gasteiger partial charge in [-0.1, -0.05) is 12.1 Å². The van der Waals surface area contributed by atoms with Gasteiger partial charge in [-0.25, -0.2) is 4.79 Å². The molecule has 2 unspecified atom stereocenters. The third kappa shape index (κ3) is 5.49. The summed E-state index contributed by atoms with van der Waals surface area (Å²) in [4.78, 5) is 21.4. The van der Waals surface area contributed by atoms with E-state index in [4.69, 9.17) is 9.84 Å². The average Bonchev–Trinajstić information content (AvgIpc) is 3.18. The van der Waals surface area contributed by atoms with Gasteiger partial charge in [-0.3, -0.25) is 4.79 Å². The zero-order chi connectivity index (χ0) is 18.1. The number of para-hydroxylation sites is 2. The summed E-state index contributed by atoms with van der Waals surface area (Å²) in [6.07, 6.45) is 1.50. The molecule has 136 valence electrons. The molecule has 0 radical (unpaired) electrons. The number of carbonyl (C=O) groups is 2. The largest absolute Gasteiger partial charge is 0.492 e. The number of hydrogen-bond donors (Lipinski definition) is 2. The molecule has 25 heavy (non-hydrogen) atoms. The Morgan fingerprint density at radius 3 is 2.60 bits per heavy atom. The van der Waals surface area contributed by atoms with E-state index in [9.17, 15) is 9.59 Å². The molecule has 7 nitrogen and oxygen atoms in total. The van der Waals surface area contributed by atoms with Crippen molar-refractivity contribution in [3.63, 3.8) is 0 Å². The molecule has 0 spiro atoms. The summed E-state index contributed by atoms with van der Waals surface area (Å²) >= 11 is 0. The molecule has 2 fully saturated rings. The second kappa shape index (κ2) is 9.68. The summed E-state index contributed by atoms with van der Waals surface area (Å²) in [5.41, 5.74) is 1.27. The van der Waals surface area contributed by atoms with E-state index in [0.717, 1.165) is 30.5 Å². The molecule has 0 saturated carbocycles. The second-order valence-corrected chi connectivity index (χ2v) is 5.86. The number of ether oxygens (including phenoxy) is 2. The van der Waals surface area contributed by atoms with Crippen LogP contribution in [0.15, 0.2) is 36.6 Å². The molecule has 2 aliphatic heterocycles. The number of anilines is 1. The predicted octanol–water partition coefficient (Wildman–Crippen LogP) is 1.50. The maximum atomic E-state index is 9.59. The fourth-order valence-electron chi connectivity index (χ4n) is 3.18. The highest BCUT2D eigenvalue weighted by atomic mass is 16.5. The molecule has 2 atom stereocenters. The van der Waals surface area contributed by atoms with Gasteiger partial charge in [0.1, 0.15) is 12.0 Å². The molecular weight excluding hydrogens is 324 g/mol. The van der Waals surface area contributed by atoms with Gasteiger partial charge in [-0.15, -0.1) is 0 Å². The molecule has 2 aliphatic rings. The number of carbonyl (C=O) groups excluding carboxylic acids is 1. The summed E-state index contributed by atoms with van der Waals surface area (Å²) in [5.74, 6) is 1.53. The van der Waals surface area contributed by atoms with E-state index in [1.54, 1.807) is 0 Å². The first kappa shape index (κ1) is 18.8. The molecule has 1 aromatic rings. The second-order valence-electron chi connectivity index (χ2n) is 5.86. The smallest absolute Gasteiger partial charge is 0.331 e. The third-order valence-corrected chi connectivity index (χ3v) is 4.24. The van der Waals surface area contributed by atoms with Crippen LogP contribution < -0.4 is 15.0 Å². The lowest BCUT2D eigenvalue weighted by molar-refractivity contribution is -0.131. The van der Waals surface area contributed by atoms with Crippen molar-refractivity contribution >= 4 is 18.1 Å². The van der Waals surface area contributed by atoms with Gasteiger partial charge in [0, 0.05) is 26.2 Å². The first-order valence-electron chi connectivity index (χ1n) is 8.31. The zero-order valence-electron chi connectivity index (χ0n) is 14.3. The lowest BCUT2D eigenvalue weighted by Crippen LogP contribution is -2.25. The number of benzene rings is 1. The van der Waals surface area contributed by atoms with Crippen LogP contribution in [-0.2, 0) is 14.3 Å². The Labute approximate surface area is 147 Å². The van der Waals surface area contributed by atoms with Gasteiger partial charge in [-0.05, 0) is 30.9 Å². The molecule has 0 amide bonds. The van der Waals surface area contributed by atoms with Crippen LogP contribution in [0.25, 0.3) is 0 Å². The fourth-order valence-corrected chi connectivity index (χ4v) is 3.18. The van der Waals surface area contributed by atoms with Crippen LogP contribution in [-0.4, -0.2) is 50.3 Å². The van der Waals surface area contributed by atoms with Gasteiger partial charge in [0.2, 0.25) is 0 Å². The topological polar surface area (TPSA) is 88.1 Å². The molecular formula is C18H24N2O5. The number of nitrogens with one attached hydrogen (secondary N) is 1. The number of aliphatic carboxylic acids is 1. The van der Waals surface area contributed by atoms with Gasteiger partial charge >= 0.3 is 5.97 Å². The number of fused-ring (bicyclic) bond motifs is 1. The van der Waals surface area contributed by atoms with Gasteiger partial charge in [0.05, 0.1) is 18.4 Å². The Kier molecular flexibility index (Phi) is 7.28. The van der Waals surface area contributed by atoms with Crippen LogP contribution in [0.5, 0.6) is 5.75 Å². The minimum Gasteiger partial charge on any atom is -0.492 e. The Morgan fingerprint density at radius 2 is 2.00 bits per heavy atom. The number of hydrogen-bond acceptors (Lipinski definition) is 6. The van der Waals surface area contributed by atoms with Gasteiger partial charge in [0.25, 0.3) is 6.47 Å². The van der Waals surface area contributed by atoms with E-state index in [-0.39, 0.29) is 6.47 Å². The number of rotatable bonds is 6. The van der Waals surface area contributed by atoms with Crippen LogP contribution in [0.2, 0.25) is 0 Å². The normalized spacial score (nSPS) is 21.4. The van der Waals surface area contributed by atoms with E-state index in [1.807, 2.05) is 13.0 Å². The summed E-state index contributed by atoms with van der Waals surface area (Å²) in [6.45, 7) is 7.61. The van der Waals surface area contributed by atoms with Crippen molar-refractivity contribution in [2.75, 3.05) is 37.7 Å². The van der Waals surface area contributed by atoms with Crippen molar-refractivity contribution in [3.8, 4) is 5.75 Å². The number of carboxylic acids is 1. The Bertz CT molecular complexity index is 593. The predicted molar refractivity (Wildman–Crippen MR) is 93.6 cm³/mol. The summed E-state index contributed by atoms with van der Waals surface area (Å²) < 4.78 is 9.62. The Balaban J connectivity index is 0.000000242. The van der Waals surface area contributed by atoms with E-state index < -0.39 is 5.97 Å². The quantitative estimate of drug-likeness (QED) is 0.457. The minimum absolute atomic E-state index is 0.138. The van der Waals surface area contributed by atoms with E-state index in [2.05, 4.69) is 33.2 Å². The molecule has 7 heteroatoms. The fraction of sp³-hybridized carbons (Fsp3) is 0.444. The maximum absolute atomic E-state index is 9.59. The summed E-state index contributed by atoms with van der Waals surface area (Å²) in [6, 6.07) is 8.40. The van der Waals surface area contributed by atoms with Crippen molar-refractivity contribution in [1.29, 1.82) is 0 Å². The molecule has 3 rings (SSSR count). The van der Waals surface area contributed by atoms with E-state index in [1.165, 1.54) is 31.9 Å². The highest BCUT2D eigenvalue weighted by Gasteiger charge is 2.36. The lowest BCUT2D eigenvalue weighted by atomic mass is 10.0. The van der Waals surface area contributed by atoms with E-state index in [0.29, 0.717) is 6.08 Å². The molecule has 0 aromatic heterocycles. The van der Waals surface area contributed by atoms with Crippen LogP contribution in [0, 0.1) is 11.8 Å². The maximum Gasteiger partial charge on any atom is 0.331 e. The minimum atomic E-state index is -1.15. The van der Waals surface area contributed by atoms with Crippen molar-refractivity contribution < 1.29 is 24.2 Å². The molecule has 2 N–H and O–H groups in total. The Hall–Kier alpha value is -2.54. The monoisotopic (exact) mass is 348 g/mol. The molecule has 1 aromatic carbocycles. The van der Waals surface area contributed by atoms with E-state index >= 15 is 0 Å². The Morgan fingerprint density at radius 1 is 1.32 bits per heavy atom. The van der Waals surface area contributed by atoms with Gasteiger partial charge < -0.3 is 24.8 Å². The highest BCUT2D eigenvalue weighted by molar-refractivity contribution is 5.79. The van der Waals surface area contributed by atoms with Gasteiger partial charge in [-0.2, -0.15) is 0 Å². The number of carboxylic acid groups (broad SMARTS) is 1. The molecule has 0 bridgehead atoms. The van der Waals surface area contributed by atoms with Crippen LogP contribution in [0.4, 0.5) is 5.69 Å². The third-order valence-electron chi connectivity index (χ3n) is 4.24. The van der Waals surface area contributed by atoms with Crippen molar-refractivity contribution in [1.82, 2.24) is 5.32 Å². The standard InChI is InChI=1S/C14H20N2O.C4H4O4/c1-2-17-14-6-4-3-5-13(14)16-9-11-7-15-8-12(11)10-16;5-3-8-2-1-4(6)7/h3-6,11-12,15H,2,7-10H2,1H3;1-3H,(H,6,7)/b;2-1-. The summed E-state index contributed by atoms with van der Waals surface area (Å²) in [5, 5.41) is 11.3. The molecule has 2 saturated heterocycles. The van der Waals surface area contributed by atoms with Crippen molar-refractivity contribution in [2.24, 2.45) is 11.8 Å². The molecule has 2 heterocycles. The van der Waals surface area contributed by atoms with Gasteiger partial charge in [0.15, 0.2) is 0 Å². The highest BCUT2D eigenvalue weighted by Crippen LogP contribution is 2.35. The van der Waals surface area contributed by atoms with Crippen LogP contribution in [0.1, 0.15) is 6.92 Å². The average molecular weight is 348 g/mol. The first-order valence-corrected chi connectivity index (χ1v) is 8.31. The lowest BCUT2D eigenvalue weighted by Gasteiger charge is -2.22. The molecule has 0 aliphatic carbocycles. The number of nitrogens with zero attached hydrogens (tertiary/aromatic N) is 1. The van der Waals surface area contributed by atoms with Crippen molar-refractivity contribution in [3.05, 3.63) is 36.6 Å². The summed E-state index contributed by atoms with van der Waals surface area (Å²) in [7, 11) is 0. The van der Waals surface area contributed by atoms with Crippen LogP contribution >= 0.6 is 0 Å². The van der Waals surface area contributed by atoms with Crippen LogP contribution in [0.3, 0.4) is 0 Å². The van der Waals surface area contributed by atoms with Crippen molar-refractivity contribution in [2.45, 2.75) is 6.92 Å². The SMILES string of the molecule is CCOc1ccccc1N1CC2CNCC2C1.O=CO/C=C\C(=O)O.